The zero-order chi connectivity index (χ0) is 24.8. The summed E-state index contributed by atoms with van der Waals surface area (Å²) in [7, 11) is 1.40. The van der Waals surface area contributed by atoms with Crippen LogP contribution in [0.1, 0.15) is 52.7 Å². The Morgan fingerprint density at radius 3 is 2.59 bits per heavy atom. The van der Waals surface area contributed by atoms with E-state index in [9.17, 15) is 22.8 Å². The molecule has 8 nitrogen and oxygen atoms in total. The first-order chi connectivity index (χ1) is 16.0. The summed E-state index contributed by atoms with van der Waals surface area (Å²) in [4.78, 5) is 33.7. The summed E-state index contributed by atoms with van der Waals surface area (Å²) in [5.41, 5.74) is 7.86. The summed E-state index contributed by atoms with van der Waals surface area (Å²) in [6.07, 6.45) is -4.05. The summed E-state index contributed by atoms with van der Waals surface area (Å²) >= 11 is 0. The molecule has 1 aliphatic heterocycles. The normalized spacial score (nSPS) is 15.3. The maximum atomic E-state index is 13.4. The molecule has 0 aliphatic carbocycles. The van der Waals surface area contributed by atoms with Crippen LogP contribution in [0.4, 0.5) is 19.0 Å². The highest BCUT2D eigenvalue weighted by atomic mass is 19.4. The number of hydrazine groups is 1. The second kappa shape index (κ2) is 8.56. The van der Waals surface area contributed by atoms with Gasteiger partial charge in [-0.25, -0.2) is 9.99 Å². The molecular weight excluding hydrogens is 451 g/mol. The molecule has 0 bridgehead atoms. The number of fused-ring (bicyclic) bond motifs is 3. The zero-order valence-electron chi connectivity index (χ0n) is 18.7. The van der Waals surface area contributed by atoms with Crippen molar-refractivity contribution in [1.29, 1.82) is 0 Å². The standard InChI is InChI=1S/C23H22F3N5O3/c1-12-20-18(11-34-12)17-8-14(4-7-19(17)29-21(20)27)22(33)31(30(3)13(2)32)10-16-6-5-15(9-28-16)23(24,25)26/h4-9,12H,10-11H2,1-3H3,(H2,27,29)/t12-/m1/s1. The lowest BCUT2D eigenvalue weighted by molar-refractivity contribution is -0.140. The number of nitrogens with zero attached hydrogens (tertiary/aromatic N) is 4. The molecule has 0 unspecified atom stereocenters. The van der Waals surface area contributed by atoms with Crippen molar-refractivity contribution < 1.29 is 27.5 Å². The van der Waals surface area contributed by atoms with Gasteiger partial charge in [-0.05, 0) is 42.8 Å². The number of alkyl halides is 3. The van der Waals surface area contributed by atoms with Crippen LogP contribution in [0.3, 0.4) is 0 Å². The molecule has 3 heterocycles. The number of anilines is 1. The van der Waals surface area contributed by atoms with Crippen molar-refractivity contribution in [2.75, 3.05) is 12.8 Å². The van der Waals surface area contributed by atoms with E-state index >= 15 is 0 Å². The molecule has 34 heavy (non-hydrogen) atoms. The van der Waals surface area contributed by atoms with Crippen LogP contribution in [0, 0.1) is 0 Å². The van der Waals surface area contributed by atoms with Gasteiger partial charge in [-0.1, -0.05) is 0 Å². The van der Waals surface area contributed by atoms with Gasteiger partial charge in [-0.3, -0.25) is 19.6 Å². The Hall–Kier alpha value is -3.73. The summed E-state index contributed by atoms with van der Waals surface area (Å²) in [6.45, 7) is 3.26. The van der Waals surface area contributed by atoms with E-state index in [1.165, 1.54) is 20.0 Å². The van der Waals surface area contributed by atoms with Crippen molar-refractivity contribution in [3.8, 4) is 0 Å². The van der Waals surface area contributed by atoms with Gasteiger partial charge in [0.1, 0.15) is 5.82 Å². The van der Waals surface area contributed by atoms with E-state index in [0.717, 1.165) is 27.2 Å². The number of carbonyl (C=O) groups is 2. The van der Waals surface area contributed by atoms with Crippen molar-refractivity contribution in [2.45, 2.75) is 39.3 Å². The molecule has 0 radical (unpaired) electrons. The molecule has 4 rings (SSSR count). The third-order valence-corrected chi connectivity index (χ3v) is 5.81. The number of carbonyl (C=O) groups excluding carboxylic acids is 2. The van der Waals surface area contributed by atoms with Crippen LogP contribution >= 0.6 is 0 Å². The van der Waals surface area contributed by atoms with E-state index < -0.39 is 23.6 Å². The summed E-state index contributed by atoms with van der Waals surface area (Å²) in [5, 5.41) is 2.93. The van der Waals surface area contributed by atoms with Crippen molar-refractivity contribution in [3.63, 3.8) is 0 Å². The number of nitrogen functional groups attached to an aromatic ring is 1. The number of ether oxygens (including phenoxy) is 1. The van der Waals surface area contributed by atoms with Crippen LogP contribution in [-0.4, -0.2) is 38.8 Å². The molecular formula is C23H22F3N5O3. The van der Waals surface area contributed by atoms with Gasteiger partial charge in [0.2, 0.25) is 5.91 Å². The molecule has 178 valence electrons. The second-order valence-electron chi connectivity index (χ2n) is 8.02. The molecule has 1 aromatic carbocycles. The quantitative estimate of drug-likeness (QED) is 0.580. The molecule has 11 heteroatoms. The Morgan fingerprint density at radius 2 is 1.97 bits per heavy atom. The Bertz CT molecular complexity index is 1280. The number of halogens is 3. The van der Waals surface area contributed by atoms with Gasteiger partial charge in [0, 0.05) is 36.7 Å². The fourth-order valence-electron chi connectivity index (χ4n) is 3.87. The summed E-state index contributed by atoms with van der Waals surface area (Å²) in [6, 6.07) is 6.94. The van der Waals surface area contributed by atoms with Gasteiger partial charge in [-0.15, -0.1) is 0 Å². The first-order valence-corrected chi connectivity index (χ1v) is 10.4. The number of pyridine rings is 2. The predicted octanol–water partition coefficient (Wildman–Crippen LogP) is 3.86. The predicted molar refractivity (Wildman–Crippen MR) is 117 cm³/mol. The Morgan fingerprint density at radius 1 is 1.24 bits per heavy atom. The van der Waals surface area contributed by atoms with Crippen molar-refractivity contribution in [2.24, 2.45) is 0 Å². The first-order valence-electron chi connectivity index (χ1n) is 10.4. The van der Waals surface area contributed by atoms with E-state index in [1.54, 1.807) is 18.2 Å². The number of aromatic nitrogens is 2. The molecule has 0 fully saturated rings. The molecule has 2 aromatic heterocycles. The lowest BCUT2D eigenvalue weighted by Crippen LogP contribution is -2.46. The van der Waals surface area contributed by atoms with Crippen LogP contribution in [0.5, 0.6) is 0 Å². The van der Waals surface area contributed by atoms with Crippen molar-refractivity contribution >= 4 is 28.5 Å². The first kappa shape index (κ1) is 23.4. The van der Waals surface area contributed by atoms with Crippen LogP contribution in [-0.2, 0) is 28.9 Å². The van der Waals surface area contributed by atoms with Crippen molar-refractivity contribution in [1.82, 2.24) is 20.0 Å². The summed E-state index contributed by atoms with van der Waals surface area (Å²) < 4.78 is 44.3. The number of nitrogens with two attached hydrogens (primary N) is 1. The minimum absolute atomic E-state index is 0.188. The molecule has 0 saturated carbocycles. The minimum Gasteiger partial charge on any atom is -0.383 e. The number of benzene rings is 1. The number of hydrogen-bond donors (Lipinski definition) is 1. The van der Waals surface area contributed by atoms with E-state index in [4.69, 9.17) is 10.5 Å². The van der Waals surface area contributed by atoms with Crippen molar-refractivity contribution in [3.05, 3.63) is 64.5 Å². The molecule has 1 aliphatic rings. The third-order valence-electron chi connectivity index (χ3n) is 5.81. The topological polar surface area (TPSA) is 102 Å². The van der Waals surface area contributed by atoms with E-state index in [1.807, 2.05) is 6.92 Å². The fraction of sp³-hybridized carbons (Fsp3) is 0.304. The number of amides is 2. The number of rotatable bonds is 3. The van der Waals surface area contributed by atoms with E-state index in [2.05, 4.69) is 9.97 Å². The second-order valence-corrected chi connectivity index (χ2v) is 8.02. The maximum absolute atomic E-state index is 13.4. The SMILES string of the molecule is CC(=O)N(C)N(Cc1ccc(C(F)(F)F)cn1)C(=O)c1ccc2nc(N)c3c(c2c1)CO[C@@H]3C. The van der Waals surface area contributed by atoms with Gasteiger partial charge in [0.15, 0.2) is 0 Å². The highest BCUT2D eigenvalue weighted by molar-refractivity contribution is 5.99. The van der Waals surface area contributed by atoms with Gasteiger partial charge in [0.25, 0.3) is 5.91 Å². The smallest absolute Gasteiger partial charge is 0.383 e. The Labute approximate surface area is 193 Å². The Balaban J connectivity index is 1.70. The van der Waals surface area contributed by atoms with E-state index in [0.29, 0.717) is 29.5 Å². The summed E-state index contributed by atoms with van der Waals surface area (Å²) in [5.74, 6) is -0.588. The average molecular weight is 473 g/mol. The molecule has 2 N–H and O–H groups in total. The molecule has 1 atom stereocenters. The molecule has 2 amide bonds. The highest BCUT2D eigenvalue weighted by Gasteiger charge is 2.31. The zero-order valence-corrected chi connectivity index (χ0v) is 18.7. The third kappa shape index (κ3) is 4.26. The Kier molecular flexibility index (Phi) is 5.90. The highest BCUT2D eigenvalue weighted by Crippen LogP contribution is 2.38. The minimum atomic E-state index is -4.53. The van der Waals surface area contributed by atoms with Gasteiger partial charge in [-0.2, -0.15) is 13.2 Å². The lowest BCUT2D eigenvalue weighted by Gasteiger charge is -2.31. The van der Waals surface area contributed by atoms with Gasteiger partial charge in [0.05, 0.1) is 36.0 Å². The lowest BCUT2D eigenvalue weighted by atomic mass is 10.00. The fourth-order valence-corrected chi connectivity index (χ4v) is 3.87. The van der Waals surface area contributed by atoms with Gasteiger partial charge >= 0.3 is 6.18 Å². The monoisotopic (exact) mass is 473 g/mol. The number of hydrogen-bond acceptors (Lipinski definition) is 6. The molecule has 0 saturated heterocycles. The maximum Gasteiger partial charge on any atom is 0.417 e. The van der Waals surface area contributed by atoms with Crippen LogP contribution in [0.2, 0.25) is 0 Å². The van der Waals surface area contributed by atoms with Crippen LogP contribution in [0.15, 0.2) is 36.5 Å². The van der Waals surface area contributed by atoms with Gasteiger partial charge < -0.3 is 10.5 Å². The van der Waals surface area contributed by atoms with Crippen LogP contribution < -0.4 is 5.73 Å². The largest absolute Gasteiger partial charge is 0.417 e. The van der Waals surface area contributed by atoms with E-state index in [-0.39, 0.29) is 23.9 Å². The average Bonchev–Trinajstić information content (AvgIpc) is 3.18. The molecule has 0 spiro atoms. The molecule has 3 aromatic rings. The van der Waals surface area contributed by atoms with Crippen LogP contribution in [0.25, 0.3) is 10.9 Å².